The lowest BCUT2D eigenvalue weighted by Crippen LogP contribution is -2.14. The van der Waals surface area contributed by atoms with Crippen molar-refractivity contribution < 1.29 is 33.2 Å². The van der Waals surface area contributed by atoms with Gasteiger partial charge in [0.1, 0.15) is 34.5 Å². The molecule has 0 aromatic heterocycles. The molecular formula is C47H46O7. The molecule has 2 atom stereocenters. The third-order valence-corrected chi connectivity index (χ3v) is 9.44. The lowest BCUT2D eigenvalue weighted by atomic mass is 10.0. The number of carbonyl (C=O) groups is 1. The number of benzene rings is 6. The van der Waals surface area contributed by atoms with E-state index in [-0.39, 0.29) is 12.2 Å². The van der Waals surface area contributed by atoms with Gasteiger partial charge in [-0.15, -0.1) is 0 Å². The molecule has 7 nitrogen and oxygen atoms in total. The van der Waals surface area contributed by atoms with E-state index in [0.717, 1.165) is 67.5 Å². The Morgan fingerprint density at radius 3 is 1.20 bits per heavy atom. The van der Waals surface area contributed by atoms with Gasteiger partial charge in [-0.25, -0.2) is 4.79 Å². The molecule has 6 aromatic rings. The predicted molar refractivity (Wildman–Crippen MR) is 211 cm³/mol. The van der Waals surface area contributed by atoms with Crippen molar-refractivity contribution in [3.63, 3.8) is 0 Å². The van der Waals surface area contributed by atoms with Crippen molar-refractivity contribution >= 4 is 6.16 Å². The molecule has 0 saturated carbocycles. The molecule has 276 valence electrons. The van der Waals surface area contributed by atoms with Crippen LogP contribution in [0.25, 0.3) is 0 Å². The Morgan fingerprint density at radius 1 is 0.463 bits per heavy atom. The van der Waals surface area contributed by atoms with Crippen LogP contribution in [0.2, 0.25) is 0 Å². The van der Waals surface area contributed by atoms with E-state index in [4.69, 9.17) is 28.4 Å². The van der Waals surface area contributed by atoms with Crippen LogP contribution in [0.5, 0.6) is 34.5 Å². The lowest BCUT2D eigenvalue weighted by Gasteiger charge is -2.18. The monoisotopic (exact) mass is 722 g/mol. The average molecular weight is 723 g/mol. The van der Waals surface area contributed by atoms with E-state index in [0.29, 0.717) is 24.7 Å². The highest BCUT2D eigenvalue weighted by atomic mass is 16.7. The maximum absolute atomic E-state index is 12.6. The van der Waals surface area contributed by atoms with Crippen LogP contribution in [0, 0.1) is 27.7 Å². The molecule has 0 fully saturated rings. The largest absolute Gasteiger partial charge is 0.519 e. The number of hydrogen-bond donors (Lipinski definition) is 0. The highest BCUT2D eigenvalue weighted by Crippen LogP contribution is 2.34. The number of carbonyl (C=O) groups excluding carboxylic acids is 1. The fraction of sp³-hybridized carbons (Fsp3) is 0.213. The molecule has 54 heavy (non-hydrogen) atoms. The summed E-state index contributed by atoms with van der Waals surface area (Å²) in [6, 6.07) is 42.2. The topological polar surface area (TPSA) is 72.5 Å². The van der Waals surface area contributed by atoms with E-state index >= 15 is 0 Å². The second kappa shape index (κ2) is 17.8. The molecule has 0 aliphatic rings. The van der Waals surface area contributed by atoms with Crippen LogP contribution in [0.4, 0.5) is 4.79 Å². The zero-order chi connectivity index (χ0) is 38.0. The Balaban J connectivity index is 0.971. The van der Waals surface area contributed by atoms with Crippen LogP contribution in [0.1, 0.15) is 70.6 Å². The molecule has 0 N–H and O–H groups in total. The quantitative estimate of drug-likeness (QED) is 0.0818. The van der Waals surface area contributed by atoms with Gasteiger partial charge in [0.15, 0.2) is 0 Å². The van der Waals surface area contributed by atoms with Gasteiger partial charge >= 0.3 is 6.16 Å². The maximum atomic E-state index is 12.6. The van der Waals surface area contributed by atoms with Crippen molar-refractivity contribution in [3.8, 4) is 34.5 Å². The van der Waals surface area contributed by atoms with Gasteiger partial charge < -0.3 is 28.4 Å². The summed E-state index contributed by atoms with van der Waals surface area (Å²) >= 11 is 0. The first-order valence-corrected chi connectivity index (χ1v) is 18.1. The number of hydrogen-bond acceptors (Lipinski definition) is 7. The fourth-order valence-corrected chi connectivity index (χ4v) is 6.02. The molecule has 2 unspecified atom stereocenters. The summed E-state index contributed by atoms with van der Waals surface area (Å²) in [5.41, 5.74) is 8.22. The first-order chi connectivity index (χ1) is 26.1. The first kappa shape index (κ1) is 37.9. The molecule has 0 saturated heterocycles. The van der Waals surface area contributed by atoms with Crippen LogP contribution < -0.4 is 18.9 Å². The van der Waals surface area contributed by atoms with Crippen LogP contribution in [0.15, 0.2) is 133 Å². The Bertz CT molecular complexity index is 1990. The van der Waals surface area contributed by atoms with Crippen molar-refractivity contribution in [2.75, 3.05) is 0 Å². The van der Waals surface area contributed by atoms with Crippen LogP contribution in [-0.4, -0.2) is 6.16 Å². The SMILES string of the molecule is Cc1ccc(COC(C)c2ccc(OC(=O)Oc3ccc(C(C)OCc4ccc(C)c(Oc5ccccc5)c4C)cc3)cc2)c(C)c1Oc1ccccc1. The molecule has 0 heterocycles. The van der Waals surface area contributed by atoms with Crippen molar-refractivity contribution in [1.29, 1.82) is 0 Å². The maximum Gasteiger partial charge on any atom is 0.519 e. The second-order valence-corrected chi connectivity index (χ2v) is 13.3. The molecule has 0 spiro atoms. The highest BCUT2D eigenvalue weighted by molar-refractivity contribution is 5.67. The van der Waals surface area contributed by atoms with E-state index in [1.807, 2.05) is 113 Å². The lowest BCUT2D eigenvalue weighted by molar-refractivity contribution is 0.0520. The average Bonchev–Trinajstić information content (AvgIpc) is 3.18. The highest BCUT2D eigenvalue weighted by Gasteiger charge is 2.16. The third kappa shape index (κ3) is 9.75. The van der Waals surface area contributed by atoms with Crippen molar-refractivity contribution in [2.45, 2.75) is 67.0 Å². The van der Waals surface area contributed by atoms with E-state index in [2.05, 4.69) is 38.1 Å². The third-order valence-electron chi connectivity index (χ3n) is 9.44. The van der Waals surface area contributed by atoms with Gasteiger partial charge in [0.2, 0.25) is 0 Å². The van der Waals surface area contributed by atoms with Crippen molar-refractivity contribution in [1.82, 2.24) is 0 Å². The molecule has 0 radical (unpaired) electrons. The molecule has 7 heteroatoms. The number of ether oxygens (including phenoxy) is 6. The molecular weight excluding hydrogens is 677 g/mol. The van der Waals surface area contributed by atoms with E-state index in [9.17, 15) is 4.79 Å². The predicted octanol–water partition coefficient (Wildman–Crippen LogP) is 12.6. The summed E-state index contributed by atoms with van der Waals surface area (Å²) in [5.74, 6) is 4.02. The van der Waals surface area contributed by atoms with E-state index < -0.39 is 6.16 Å². The molecule has 0 amide bonds. The van der Waals surface area contributed by atoms with Gasteiger partial charge in [0.05, 0.1) is 25.4 Å². The van der Waals surface area contributed by atoms with Crippen molar-refractivity contribution in [3.05, 3.63) is 178 Å². The van der Waals surface area contributed by atoms with Gasteiger partial charge in [-0.3, -0.25) is 0 Å². The minimum Gasteiger partial charge on any atom is -0.457 e. The minimum atomic E-state index is -0.823. The van der Waals surface area contributed by atoms with Gasteiger partial charge in [-0.1, -0.05) is 84.9 Å². The van der Waals surface area contributed by atoms with Gasteiger partial charge in [0.25, 0.3) is 0 Å². The molecule has 0 aliphatic heterocycles. The Morgan fingerprint density at radius 2 is 0.833 bits per heavy atom. The normalized spacial score (nSPS) is 12.1. The first-order valence-electron chi connectivity index (χ1n) is 18.1. The number of para-hydroxylation sites is 2. The van der Waals surface area contributed by atoms with Crippen LogP contribution in [-0.2, 0) is 22.7 Å². The van der Waals surface area contributed by atoms with Gasteiger partial charge in [-0.2, -0.15) is 0 Å². The minimum absolute atomic E-state index is 0.192. The van der Waals surface area contributed by atoms with Crippen LogP contribution >= 0.6 is 0 Å². The Kier molecular flexibility index (Phi) is 12.4. The Hall–Kier alpha value is -5.89. The molecule has 6 aromatic carbocycles. The second-order valence-electron chi connectivity index (χ2n) is 13.3. The molecule has 6 rings (SSSR count). The Labute approximate surface area is 318 Å². The molecule has 0 aliphatic carbocycles. The summed E-state index contributed by atoms with van der Waals surface area (Å²) < 4.78 is 35.8. The van der Waals surface area contributed by atoms with Crippen LogP contribution in [0.3, 0.4) is 0 Å². The number of aryl methyl sites for hydroxylation is 2. The standard InChI is InChI=1S/C47H46O7/c1-31-17-19-39(33(3)45(31)51-41-13-9-7-10-14-41)29-49-35(5)37-21-25-43(26-22-37)53-47(48)54-44-27-23-38(24-28-44)36(6)50-30-40-20-18-32(2)46(34(40)4)52-42-15-11-8-12-16-42/h7-28,35-36H,29-30H2,1-6H3. The molecule has 0 bridgehead atoms. The van der Waals surface area contributed by atoms with Gasteiger partial charge in [0, 0.05) is 0 Å². The summed E-state index contributed by atoms with van der Waals surface area (Å²) in [7, 11) is 0. The van der Waals surface area contributed by atoms with Gasteiger partial charge in [-0.05, 0) is 135 Å². The zero-order valence-electron chi connectivity index (χ0n) is 31.6. The summed E-state index contributed by atoms with van der Waals surface area (Å²) in [6.07, 6.45) is -1.21. The van der Waals surface area contributed by atoms with Crippen molar-refractivity contribution in [2.24, 2.45) is 0 Å². The number of rotatable bonds is 14. The fourth-order valence-electron chi connectivity index (χ4n) is 6.02. The summed E-state index contributed by atoms with van der Waals surface area (Å²) in [6.45, 7) is 13.0. The summed E-state index contributed by atoms with van der Waals surface area (Å²) in [4.78, 5) is 12.6. The summed E-state index contributed by atoms with van der Waals surface area (Å²) in [5, 5.41) is 0. The van der Waals surface area contributed by atoms with E-state index in [1.54, 1.807) is 24.3 Å². The smallest absolute Gasteiger partial charge is 0.457 e. The zero-order valence-corrected chi connectivity index (χ0v) is 31.6. The van der Waals surface area contributed by atoms with E-state index in [1.165, 1.54) is 0 Å².